The lowest BCUT2D eigenvalue weighted by Crippen LogP contribution is -2.45. The van der Waals surface area contributed by atoms with E-state index in [1.54, 1.807) is 29.8 Å². The van der Waals surface area contributed by atoms with Crippen LogP contribution in [0, 0.1) is 0 Å². The second-order valence-corrected chi connectivity index (χ2v) is 7.91. The van der Waals surface area contributed by atoms with Crippen molar-refractivity contribution in [3.8, 4) is 5.75 Å². The lowest BCUT2D eigenvalue weighted by atomic mass is 10.1. The van der Waals surface area contributed by atoms with Crippen LogP contribution in [-0.4, -0.2) is 34.4 Å². The Labute approximate surface area is 164 Å². The van der Waals surface area contributed by atoms with Crippen molar-refractivity contribution in [1.82, 2.24) is 4.90 Å². The van der Waals surface area contributed by atoms with Gasteiger partial charge in [0.15, 0.2) is 5.17 Å². The van der Waals surface area contributed by atoms with Crippen molar-refractivity contribution in [1.29, 1.82) is 0 Å². The van der Waals surface area contributed by atoms with Crippen molar-refractivity contribution < 1.29 is 9.53 Å². The van der Waals surface area contributed by atoms with E-state index in [0.717, 1.165) is 27.8 Å². The summed E-state index contributed by atoms with van der Waals surface area (Å²) in [5.74, 6) is 1.55. The van der Waals surface area contributed by atoms with Crippen LogP contribution in [0.2, 0.25) is 0 Å². The van der Waals surface area contributed by atoms with Crippen LogP contribution in [-0.2, 0) is 11.3 Å². The van der Waals surface area contributed by atoms with Crippen molar-refractivity contribution in [2.45, 2.75) is 25.9 Å². The molecule has 1 saturated heterocycles. The molecule has 0 aliphatic carbocycles. The lowest BCUT2D eigenvalue weighted by molar-refractivity contribution is -0.124. The zero-order valence-corrected chi connectivity index (χ0v) is 16.7. The standard InChI is InChI=1S/C22H24N2O2S/c1-22(2)16-27-21(23-15-18-8-5-4-6-9-18)24(22)20(25)13-12-17-10-7-11-19(14-17)26-3/h4-14H,15-16H2,1-3H3/b13-12+,23-21?. The number of rotatable bonds is 5. The van der Waals surface area contributed by atoms with E-state index in [4.69, 9.17) is 9.73 Å². The van der Waals surface area contributed by atoms with Crippen LogP contribution >= 0.6 is 11.8 Å². The first-order valence-electron chi connectivity index (χ1n) is 8.87. The van der Waals surface area contributed by atoms with Crippen LogP contribution < -0.4 is 4.74 Å². The fourth-order valence-corrected chi connectivity index (χ4v) is 4.10. The van der Waals surface area contributed by atoms with Gasteiger partial charge in [0, 0.05) is 11.8 Å². The number of amides is 1. The number of thioether (sulfide) groups is 1. The van der Waals surface area contributed by atoms with E-state index < -0.39 is 0 Å². The first-order valence-corrected chi connectivity index (χ1v) is 9.86. The van der Waals surface area contributed by atoms with Gasteiger partial charge in [-0.15, -0.1) is 0 Å². The summed E-state index contributed by atoms with van der Waals surface area (Å²) in [5, 5.41) is 0.782. The minimum Gasteiger partial charge on any atom is -0.497 e. The van der Waals surface area contributed by atoms with Crippen molar-refractivity contribution >= 4 is 28.9 Å². The fraction of sp³-hybridized carbons (Fsp3) is 0.273. The molecule has 5 heteroatoms. The number of carbonyl (C=O) groups is 1. The maximum Gasteiger partial charge on any atom is 0.253 e. The molecule has 0 N–H and O–H groups in total. The number of ether oxygens (including phenoxy) is 1. The zero-order valence-electron chi connectivity index (χ0n) is 15.9. The largest absolute Gasteiger partial charge is 0.497 e. The number of benzene rings is 2. The maximum absolute atomic E-state index is 12.9. The van der Waals surface area contributed by atoms with E-state index >= 15 is 0 Å². The van der Waals surface area contributed by atoms with Crippen molar-refractivity contribution in [3.05, 3.63) is 71.8 Å². The average molecular weight is 381 g/mol. The molecule has 1 amide bonds. The van der Waals surface area contributed by atoms with Gasteiger partial charge in [0.05, 0.1) is 19.2 Å². The van der Waals surface area contributed by atoms with Gasteiger partial charge >= 0.3 is 0 Å². The van der Waals surface area contributed by atoms with E-state index in [2.05, 4.69) is 13.8 Å². The van der Waals surface area contributed by atoms with E-state index in [-0.39, 0.29) is 11.4 Å². The fourth-order valence-electron chi connectivity index (χ4n) is 2.87. The molecule has 140 valence electrons. The van der Waals surface area contributed by atoms with Crippen molar-refractivity contribution in [2.24, 2.45) is 4.99 Å². The van der Waals surface area contributed by atoms with Gasteiger partial charge in [0.1, 0.15) is 5.75 Å². The molecule has 0 spiro atoms. The molecular weight excluding hydrogens is 356 g/mol. The Hall–Kier alpha value is -2.53. The molecule has 0 atom stereocenters. The lowest BCUT2D eigenvalue weighted by Gasteiger charge is -2.29. The van der Waals surface area contributed by atoms with Crippen LogP contribution in [0.25, 0.3) is 6.08 Å². The van der Waals surface area contributed by atoms with Gasteiger partial charge < -0.3 is 4.74 Å². The molecule has 27 heavy (non-hydrogen) atoms. The maximum atomic E-state index is 12.9. The number of amidine groups is 1. The van der Waals surface area contributed by atoms with E-state index in [0.29, 0.717) is 6.54 Å². The summed E-state index contributed by atoms with van der Waals surface area (Å²) < 4.78 is 5.23. The molecule has 1 aliphatic rings. The third kappa shape index (κ3) is 4.80. The molecule has 0 radical (unpaired) electrons. The highest BCUT2D eigenvalue weighted by molar-refractivity contribution is 8.14. The number of aliphatic imine (C=N–C) groups is 1. The van der Waals surface area contributed by atoms with Crippen LogP contribution in [0.1, 0.15) is 25.0 Å². The van der Waals surface area contributed by atoms with Crippen LogP contribution in [0.3, 0.4) is 0 Å². The monoisotopic (exact) mass is 380 g/mol. The molecule has 0 saturated carbocycles. The molecule has 1 heterocycles. The molecule has 2 aromatic carbocycles. The van der Waals surface area contributed by atoms with Gasteiger partial charge in [-0.1, -0.05) is 54.2 Å². The highest BCUT2D eigenvalue weighted by Crippen LogP contribution is 2.33. The second-order valence-electron chi connectivity index (χ2n) is 6.97. The van der Waals surface area contributed by atoms with Crippen LogP contribution in [0.5, 0.6) is 5.75 Å². The number of nitrogens with zero attached hydrogens (tertiary/aromatic N) is 2. The number of methoxy groups -OCH3 is 1. The molecule has 2 aromatic rings. The SMILES string of the molecule is COc1cccc(/C=C/C(=O)N2C(=NCc3ccccc3)SCC2(C)C)c1. The molecule has 0 bridgehead atoms. The summed E-state index contributed by atoms with van der Waals surface area (Å²) in [6, 6.07) is 17.7. The normalized spacial score (nSPS) is 17.6. The van der Waals surface area contributed by atoms with Crippen molar-refractivity contribution in [3.63, 3.8) is 0 Å². The topological polar surface area (TPSA) is 41.9 Å². The first kappa shape index (κ1) is 19.2. The van der Waals surface area contributed by atoms with Crippen LogP contribution in [0.4, 0.5) is 0 Å². The second kappa shape index (κ2) is 8.44. The summed E-state index contributed by atoms with van der Waals surface area (Å²) in [6.45, 7) is 4.72. The Balaban J connectivity index is 1.77. The molecule has 1 fully saturated rings. The van der Waals surface area contributed by atoms with Gasteiger partial charge in [0.25, 0.3) is 5.91 Å². The number of hydrogen-bond acceptors (Lipinski definition) is 4. The number of carbonyl (C=O) groups excluding carboxylic acids is 1. The average Bonchev–Trinajstić information content (AvgIpc) is 2.99. The Kier molecular flexibility index (Phi) is 6.01. The predicted octanol–water partition coefficient (Wildman–Crippen LogP) is 4.62. The van der Waals surface area contributed by atoms with Gasteiger partial charge in [0.2, 0.25) is 0 Å². The summed E-state index contributed by atoms with van der Waals surface area (Å²) in [7, 11) is 1.63. The predicted molar refractivity (Wildman–Crippen MR) is 113 cm³/mol. The zero-order chi connectivity index (χ0) is 19.3. The highest BCUT2D eigenvalue weighted by atomic mass is 32.2. The third-order valence-electron chi connectivity index (χ3n) is 4.32. The van der Waals surface area contributed by atoms with E-state index in [9.17, 15) is 4.79 Å². The van der Waals surface area contributed by atoms with Crippen molar-refractivity contribution in [2.75, 3.05) is 12.9 Å². The Morgan fingerprint density at radius 1 is 1.22 bits per heavy atom. The third-order valence-corrected chi connectivity index (χ3v) is 5.74. The van der Waals surface area contributed by atoms with Gasteiger partial charge in [-0.05, 0) is 43.2 Å². The van der Waals surface area contributed by atoms with E-state index in [1.807, 2.05) is 60.7 Å². The van der Waals surface area contributed by atoms with Crippen LogP contribution in [0.15, 0.2) is 65.7 Å². The minimum atomic E-state index is -0.268. The summed E-state index contributed by atoms with van der Waals surface area (Å²) in [6.07, 6.45) is 3.43. The smallest absolute Gasteiger partial charge is 0.253 e. The highest BCUT2D eigenvalue weighted by Gasteiger charge is 2.40. The van der Waals surface area contributed by atoms with E-state index in [1.165, 1.54) is 0 Å². The van der Waals surface area contributed by atoms with Gasteiger partial charge in [-0.3, -0.25) is 14.7 Å². The molecular formula is C22H24N2O2S. The molecule has 0 aromatic heterocycles. The summed E-state index contributed by atoms with van der Waals surface area (Å²) in [4.78, 5) is 19.4. The molecule has 0 unspecified atom stereocenters. The molecule has 1 aliphatic heterocycles. The summed E-state index contributed by atoms with van der Waals surface area (Å²) in [5.41, 5.74) is 1.79. The minimum absolute atomic E-state index is 0.0559. The summed E-state index contributed by atoms with van der Waals surface area (Å²) >= 11 is 1.63. The first-order chi connectivity index (χ1) is 13.0. The Morgan fingerprint density at radius 3 is 2.74 bits per heavy atom. The van der Waals surface area contributed by atoms with Gasteiger partial charge in [-0.25, -0.2) is 0 Å². The Morgan fingerprint density at radius 2 is 2.00 bits per heavy atom. The molecule has 4 nitrogen and oxygen atoms in total. The van der Waals surface area contributed by atoms with Gasteiger partial charge in [-0.2, -0.15) is 0 Å². The Bertz CT molecular complexity index is 860. The molecule has 3 rings (SSSR count). The number of hydrogen-bond donors (Lipinski definition) is 0. The quantitative estimate of drug-likeness (QED) is 0.711.